The number of aliphatic hydroxyl groups excluding tert-OH is 1. The van der Waals surface area contributed by atoms with Crippen LogP contribution in [0.2, 0.25) is 0 Å². The molecule has 0 bridgehead atoms. The van der Waals surface area contributed by atoms with E-state index in [1.54, 1.807) is 18.2 Å². The highest BCUT2D eigenvalue weighted by atomic mass is 16.3. The van der Waals surface area contributed by atoms with Crippen LogP contribution < -0.4 is 5.32 Å². The average Bonchev–Trinajstić information content (AvgIpc) is 2.83. The second-order valence-electron chi connectivity index (χ2n) is 5.39. The number of carbonyl (C=O) groups is 3. The zero-order chi connectivity index (χ0) is 15.9. The summed E-state index contributed by atoms with van der Waals surface area (Å²) in [4.78, 5) is 37.0. The van der Waals surface area contributed by atoms with Gasteiger partial charge in [-0.3, -0.25) is 19.7 Å². The van der Waals surface area contributed by atoms with Crippen molar-refractivity contribution in [2.75, 3.05) is 0 Å². The number of carbonyl (C=O) groups excluding carboxylic acids is 3. The molecule has 0 aliphatic carbocycles. The minimum absolute atomic E-state index is 0.220. The molecule has 0 saturated carbocycles. The Hall–Kier alpha value is -2.65. The Morgan fingerprint density at radius 2 is 2.14 bits per heavy atom. The fourth-order valence-corrected chi connectivity index (χ4v) is 2.86. The van der Waals surface area contributed by atoms with Gasteiger partial charge in [-0.1, -0.05) is 12.0 Å². The Bertz CT molecular complexity index is 719. The number of aliphatic hydroxyl groups is 1. The lowest BCUT2D eigenvalue weighted by Gasteiger charge is -2.29. The first-order valence-corrected chi connectivity index (χ1v) is 6.93. The Morgan fingerprint density at radius 1 is 1.36 bits per heavy atom. The van der Waals surface area contributed by atoms with Crippen molar-refractivity contribution >= 4 is 17.7 Å². The third-order valence-electron chi connectivity index (χ3n) is 4.02. The first-order chi connectivity index (χ1) is 10.5. The van der Waals surface area contributed by atoms with E-state index in [9.17, 15) is 19.5 Å². The van der Waals surface area contributed by atoms with Gasteiger partial charge in [0.15, 0.2) is 0 Å². The van der Waals surface area contributed by atoms with E-state index in [1.807, 2.05) is 0 Å². The number of nitrogens with zero attached hydrogens (tertiary/aromatic N) is 1. The molecule has 2 aliphatic rings. The summed E-state index contributed by atoms with van der Waals surface area (Å²) in [6.07, 6.45) is 4.71. The lowest BCUT2D eigenvalue weighted by atomic mass is 10.0. The summed E-state index contributed by atoms with van der Waals surface area (Å²) in [6.45, 7) is 0.269. The minimum Gasteiger partial charge on any atom is -0.376 e. The Labute approximate surface area is 127 Å². The maximum Gasteiger partial charge on any atom is 0.255 e. The molecule has 6 nitrogen and oxygen atoms in total. The summed E-state index contributed by atoms with van der Waals surface area (Å²) >= 11 is 0. The molecule has 2 N–H and O–H groups in total. The van der Waals surface area contributed by atoms with Crippen LogP contribution in [0.1, 0.15) is 40.4 Å². The first kappa shape index (κ1) is 14.3. The third-order valence-corrected chi connectivity index (χ3v) is 4.02. The van der Waals surface area contributed by atoms with Crippen LogP contribution >= 0.6 is 0 Å². The van der Waals surface area contributed by atoms with Gasteiger partial charge in [0.1, 0.15) is 12.1 Å². The number of terminal acetylenes is 1. The van der Waals surface area contributed by atoms with Crippen LogP contribution in [0.25, 0.3) is 0 Å². The van der Waals surface area contributed by atoms with Gasteiger partial charge in [-0.2, -0.15) is 0 Å². The lowest BCUT2D eigenvalue weighted by Crippen LogP contribution is -2.52. The van der Waals surface area contributed by atoms with Crippen molar-refractivity contribution in [2.45, 2.75) is 31.5 Å². The van der Waals surface area contributed by atoms with Crippen LogP contribution in [0.4, 0.5) is 0 Å². The van der Waals surface area contributed by atoms with Crippen molar-refractivity contribution in [2.24, 2.45) is 0 Å². The molecule has 112 valence electrons. The van der Waals surface area contributed by atoms with Gasteiger partial charge in [0.2, 0.25) is 11.8 Å². The van der Waals surface area contributed by atoms with Crippen molar-refractivity contribution in [1.29, 1.82) is 0 Å². The predicted molar refractivity (Wildman–Crippen MR) is 76.3 cm³/mol. The Kier molecular flexibility index (Phi) is 3.43. The fourth-order valence-electron chi connectivity index (χ4n) is 2.86. The zero-order valence-corrected chi connectivity index (χ0v) is 11.7. The van der Waals surface area contributed by atoms with E-state index < -0.39 is 18.1 Å². The molecule has 3 amide bonds. The molecular formula is C16H14N2O4. The molecule has 0 radical (unpaired) electrons. The number of benzene rings is 1. The zero-order valence-electron chi connectivity index (χ0n) is 11.7. The normalized spacial score (nSPS) is 22.1. The van der Waals surface area contributed by atoms with Gasteiger partial charge in [-0.15, -0.1) is 6.42 Å². The molecule has 0 aromatic heterocycles. The topological polar surface area (TPSA) is 86.7 Å². The molecule has 1 aromatic carbocycles. The van der Waals surface area contributed by atoms with E-state index in [0.29, 0.717) is 17.5 Å². The quantitative estimate of drug-likeness (QED) is 0.599. The van der Waals surface area contributed by atoms with Gasteiger partial charge in [0.05, 0.1) is 0 Å². The molecule has 1 aromatic rings. The van der Waals surface area contributed by atoms with Crippen LogP contribution in [-0.4, -0.2) is 33.8 Å². The largest absolute Gasteiger partial charge is 0.376 e. The Balaban J connectivity index is 1.86. The van der Waals surface area contributed by atoms with E-state index in [4.69, 9.17) is 6.42 Å². The predicted octanol–water partition coefficient (Wildman–Crippen LogP) is 0.114. The van der Waals surface area contributed by atoms with Crippen LogP contribution in [0.5, 0.6) is 0 Å². The fraction of sp³-hybridized carbons (Fsp3) is 0.312. The summed E-state index contributed by atoms with van der Waals surface area (Å²) in [5.41, 5.74) is 1.76. The SMILES string of the molecule is C#CC(O)c1ccc2c(c1)CN(C1CCC(=O)NC1=O)C2=O. The number of hydrogen-bond acceptors (Lipinski definition) is 4. The molecule has 3 rings (SSSR count). The molecule has 2 aliphatic heterocycles. The van der Waals surface area contributed by atoms with Gasteiger partial charge in [-0.05, 0) is 29.7 Å². The molecule has 22 heavy (non-hydrogen) atoms. The first-order valence-electron chi connectivity index (χ1n) is 6.93. The van der Waals surface area contributed by atoms with Crippen molar-refractivity contribution < 1.29 is 19.5 Å². The van der Waals surface area contributed by atoms with Gasteiger partial charge in [0.25, 0.3) is 5.91 Å². The van der Waals surface area contributed by atoms with E-state index >= 15 is 0 Å². The van der Waals surface area contributed by atoms with Crippen LogP contribution in [0.15, 0.2) is 18.2 Å². The van der Waals surface area contributed by atoms with Crippen molar-refractivity contribution in [3.05, 3.63) is 34.9 Å². The van der Waals surface area contributed by atoms with Gasteiger partial charge < -0.3 is 10.0 Å². The molecule has 6 heteroatoms. The van der Waals surface area contributed by atoms with Crippen LogP contribution in [0, 0.1) is 12.3 Å². The highest BCUT2D eigenvalue weighted by Crippen LogP contribution is 2.29. The summed E-state index contributed by atoms with van der Waals surface area (Å²) in [5, 5.41) is 11.9. The molecular weight excluding hydrogens is 284 g/mol. The standard InChI is InChI=1S/C16H14N2O4/c1-2-13(19)9-3-4-11-10(7-9)8-18(16(11)22)12-5-6-14(20)17-15(12)21/h1,3-4,7,12-13,19H,5-6,8H2,(H,17,20,21). The summed E-state index contributed by atoms with van der Waals surface area (Å²) < 4.78 is 0. The van der Waals surface area contributed by atoms with Gasteiger partial charge >= 0.3 is 0 Å². The molecule has 2 unspecified atom stereocenters. The summed E-state index contributed by atoms with van der Waals surface area (Å²) in [7, 11) is 0. The van der Waals surface area contributed by atoms with Crippen molar-refractivity contribution in [3.8, 4) is 12.3 Å². The van der Waals surface area contributed by atoms with E-state index in [2.05, 4.69) is 11.2 Å². The highest BCUT2D eigenvalue weighted by molar-refractivity contribution is 6.05. The Morgan fingerprint density at radius 3 is 2.82 bits per heavy atom. The number of hydrogen-bond donors (Lipinski definition) is 2. The highest BCUT2D eigenvalue weighted by Gasteiger charge is 2.39. The smallest absolute Gasteiger partial charge is 0.255 e. The number of amides is 3. The van der Waals surface area contributed by atoms with E-state index in [0.717, 1.165) is 5.56 Å². The van der Waals surface area contributed by atoms with Gasteiger partial charge in [0, 0.05) is 18.5 Å². The van der Waals surface area contributed by atoms with E-state index in [1.165, 1.54) is 4.90 Å². The maximum atomic E-state index is 12.4. The number of fused-ring (bicyclic) bond motifs is 1. The lowest BCUT2D eigenvalue weighted by molar-refractivity contribution is -0.136. The second-order valence-corrected chi connectivity index (χ2v) is 5.39. The minimum atomic E-state index is -1.02. The third kappa shape index (κ3) is 2.26. The summed E-state index contributed by atoms with van der Waals surface area (Å²) in [5.74, 6) is 1.22. The monoisotopic (exact) mass is 298 g/mol. The number of imide groups is 1. The maximum absolute atomic E-state index is 12.4. The van der Waals surface area contributed by atoms with Crippen LogP contribution in [0.3, 0.4) is 0 Å². The molecule has 0 spiro atoms. The van der Waals surface area contributed by atoms with Crippen molar-refractivity contribution in [3.63, 3.8) is 0 Å². The van der Waals surface area contributed by atoms with Crippen molar-refractivity contribution in [1.82, 2.24) is 10.2 Å². The van der Waals surface area contributed by atoms with E-state index in [-0.39, 0.29) is 24.8 Å². The molecule has 2 atom stereocenters. The van der Waals surface area contributed by atoms with Crippen LogP contribution in [-0.2, 0) is 16.1 Å². The molecule has 1 saturated heterocycles. The second kappa shape index (κ2) is 5.28. The van der Waals surface area contributed by atoms with Gasteiger partial charge in [-0.25, -0.2) is 0 Å². The molecule has 2 heterocycles. The number of rotatable bonds is 2. The average molecular weight is 298 g/mol. The summed E-state index contributed by atoms with van der Waals surface area (Å²) in [6, 6.07) is 4.26. The number of piperidine rings is 1. The number of nitrogens with one attached hydrogen (secondary N) is 1. The molecule has 1 fully saturated rings.